The Kier molecular flexibility index (Phi) is 5.65. The van der Waals surface area contributed by atoms with Crippen LogP contribution in [0.3, 0.4) is 0 Å². The smallest absolute Gasteiger partial charge is 0.0721 e. The molecule has 0 amide bonds. The number of benzene rings is 1. The average Bonchev–Trinajstić information content (AvgIpc) is 2.43. The lowest BCUT2D eigenvalue weighted by Gasteiger charge is -2.26. The lowest BCUT2D eigenvalue weighted by Crippen LogP contribution is -2.30. The van der Waals surface area contributed by atoms with Gasteiger partial charge in [0.25, 0.3) is 0 Å². The van der Waals surface area contributed by atoms with Gasteiger partial charge in [0, 0.05) is 13.2 Å². The number of hydrogen-bond acceptors (Lipinski definition) is 3. The molecule has 3 heteroatoms. The molecule has 1 unspecified atom stereocenters. The third-order valence-electron chi connectivity index (χ3n) is 3.18. The Morgan fingerprint density at radius 1 is 1.33 bits per heavy atom. The molecule has 1 N–H and O–H groups in total. The van der Waals surface area contributed by atoms with E-state index in [9.17, 15) is 0 Å². The quantitative estimate of drug-likeness (QED) is 0.754. The molecule has 0 saturated carbocycles. The summed E-state index contributed by atoms with van der Waals surface area (Å²) in [5.74, 6) is 0. The standard InChI is InChI=1S/C15H23NO2/c1-2-9-17-10-5-8-16-15-12-18-11-13-6-3-4-7-14(13)15/h3-4,6-7,15-16H,2,5,8-12H2,1H3. The van der Waals surface area contributed by atoms with E-state index >= 15 is 0 Å². The van der Waals surface area contributed by atoms with Crippen LogP contribution in [0, 0.1) is 0 Å². The second-order valence-corrected chi connectivity index (χ2v) is 4.69. The maximum atomic E-state index is 5.61. The summed E-state index contributed by atoms with van der Waals surface area (Å²) in [5.41, 5.74) is 2.70. The molecule has 100 valence electrons. The average molecular weight is 249 g/mol. The lowest BCUT2D eigenvalue weighted by molar-refractivity contribution is 0.0801. The first-order chi connectivity index (χ1) is 8.92. The van der Waals surface area contributed by atoms with E-state index in [1.807, 2.05) is 0 Å². The second-order valence-electron chi connectivity index (χ2n) is 4.69. The van der Waals surface area contributed by atoms with Crippen molar-refractivity contribution >= 4 is 0 Å². The number of ether oxygens (including phenoxy) is 2. The Morgan fingerprint density at radius 2 is 2.22 bits per heavy atom. The molecule has 0 radical (unpaired) electrons. The predicted octanol–water partition coefficient (Wildman–Crippen LogP) is 2.66. The Bertz CT molecular complexity index is 354. The summed E-state index contributed by atoms with van der Waals surface area (Å²) < 4.78 is 11.1. The summed E-state index contributed by atoms with van der Waals surface area (Å²) in [4.78, 5) is 0. The monoisotopic (exact) mass is 249 g/mol. The van der Waals surface area contributed by atoms with Crippen LogP contribution in [0.15, 0.2) is 24.3 Å². The fourth-order valence-electron chi connectivity index (χ4n) is 2.25. The van der Waals surface area contributed by atoms with Crippen molar-refractivity contribution in [3.8, 4) is 0 Å². The molecule has 2 rings (SSSR count). The first-order valence-corrected chi connectivity index (χ1v) is 6.88. The summed E-state index contributed by atoms with van der Waals surface area (Å²) in [6.45, 7) is 6.34. The van der Waals surface area contributed by atoms with Gasteiger partial charge in [-0.1, -0.05) is 31.2 Å². The molecule has 1 aromatic carbocycles. The largest absolute Gasteiger partial charge is 0.381 e. The van der Waals surface area contributed by atoms with Gasteiger partial charge in [-0.25, -0.2) is 0 Å². The summed E-state index contributed by atoms with van der Waals surface area (Å²) in [6.07, 6.45) is 2.15. The molecular weight excluding hydrogens is 226 g/mol. The molecule has 3 nitrogen and oxygen atoms in total. The zero-order chi connectivity index (χ0) is 12.6. The van der Waals surface area contributed by atoms with Crippen LogP contribution in [-0.4, -0.2) is 26.4 Å². The van der Waals surface area contributed by atoms with Crippen LogP contribution in [0.25, 0.3) is 0 Å². The van der Waals surface area contributed by atoms with E-state index in [-0.39, 0.29) is 0 Å². The predicted molar refractivity (Wildman–Crippen MR) is 72.6 cm³/mol. The maximum Gasteiger partial charge on any atom is 0.0721 e. The zero-order valence-electron chi connectivity index (χ0n) is 11.2. The van der Waals surface area contributed by atoms with Crippen molar-refractivity contribution in [3.05, 3.63) is 35.4 Å². The summed E-state index contributed by atoms with van der Waals surface area (Å²) in [6, 6.07) is 8.85. The van der Waals surface area contributed by atoms with E-state index in [1.54, 1.807) is 0 Å². The highest BCUT2D eigenvalue weighted by Crippen LogP contribution is 2.24. The van der Waals surface area contributed by atoms with Crippen LogP contribution < -0.4 is 5.32 Å². The molecule has 1 aromatic rings. The molecule has 1 atom stereocenters. The van der Waals surface area contributed by atoms with Crippen molar-refractivity contribution in [1.29, 1.82) is 0 Å². The highest BCUT2D eigenvalue weighted by molar-refractivity contribution is 5.30. The third-order valence-corrected chi connectivity index (χ3v) is 3.18. The van der Waals surface area contributed by atoms with Gasteiger partial charge in [0.1, 0.15) is 0 Å². The Labute approximate surface area is 109 Å². The molecule has 0 fully saturated rings. The minimum absolute atomic E-state index is 0.334. The van der Waals surface area contributed by atoms with Crippen molar-refractivity contribution in [2.24, 2.45) is 0 Å². The van der Waals surface area contributed by atoms with Crippen molar-refractivity contribution in [3.63, 3.8) is 0 Å². The van der Waals surface area contributed by atoms with E-state index in [2.05, 4.69) is 36.5 Å². The van der Waals surface area contributed by atoms with Gasteiger partial charge in [0.05, 0.1) is 19.3 Å². The van der Waals surface area contributed by atoms with Crippen LogP contribution in [0.1, 0.15) is 36.9 Å². The molecule has 1 heterocycles. The third kappa shape index (κ3) is 3.80. The highest BCUT2D eigenvalue weighted by Gasteiger charge is 2.19. The molecule has 1 aliphatic heterocycles. The molecule has 0 bridgehead atoms. The fourth-order valence-corrected chi connectivity index (χ4v) is 2.25. The summed E-state index contributed by atoms with van der Waals surface area (Å²) in [5, 5.41) is 3.55. The van der Waals surface area contributed by atoms with Gasteiger partial charge in [0.15, 0.2) is 0 Å². The number of hydrogen-bond donors (Lipinski definition) is 1. The molecule has 18 heavy (non-hydrogen) atoms. The first-order valence-electron chi connectivity index (χ1n) is 6.88. The summed E-state index contributed by atoms with van der Waals surface area (Å²) in [7, 11) is 0. The van der Waals surface area contributed by atoms with Gasteiger partial charge >= 0.3 is 0 Å². The van der Waals surface area contributed by atoms with Crippen LogP contribution in [0.4, 0.5) is 0 Å². The first kappa shape index (κ1) is 13.5. The minimum atomic E-state index is 0.334. The van der Waals surface area contributed by atoms with Gasteiger partial charge in [-0.3, -0.25) is 0 Å². The zero-order valence-corrected chi connectivity index (χ0v) is 11.2. The van der Waals surface area contributed by atoms with Gasteiger partial charge < -0.3 is 14.8 Å². The van der Waals surface area contributed by atoms with Crippen molar-refractivity contribution in [1.82, 2.24) is 5.32 Å². The van der Waals surface area contributed by atoms with Crippen molar-refractivity contribution in [2.75, 3.05) is 26.4 Å². The normalized spacial score (nSPS) is 18.6. The van der Waals surface area contributed by atoms with E-state index in [1.165, 1.54) is 11.1 Å². The Morgan fingerprint density at radius 3 is 3.11 bits per heavy atom. The molecule has 0 aromatic heterocycles. The van der Waals surface area contributed by atoms with Crippen LogP contribution >= 0.6 is 0 Å². The van der Waals surface area contributed by atoms with Crippen LogP contribution in [0.2, 0.25) is 0 Å². The SMILES string of the molecule is CCCOCCCNC1COCc2ccccc21. The molecule has 0 spiro atoms. The van der Waals surface area contributed by atoms with Gasteiger partial charge in [-0.2, -0.15) is 0 Å². The topological polar surface area (TPSA) is 30.5 Å². The Hall–Kier alpha value is -0.900. The van der Waals surface area contributed by atoms with Gasteiger partial charge in [-0.05, 0) is 30.5 Å². The van der Waals surface area contributed by atoms with E-state index in [0.717, 1.165) is 45.8 Å². The van der Waals surface area contributed by atoms with E-state index < -0.39 is 0 Å². The highest BCUT2D eigenvalue weighted by atomic mass is 16.5. The maximum absolute atomic E-state index is 5.61. The number of nitrogens with one attached hydrogen (secondary N) is 1. The second kappa shape index (κ2) is 7.52. The molecular formula is C15H23NO2. The number of fused-ring (bicyclic) bond motifs is 1. The van der Waals surface area contributed by atoms with Gasteiger partial charge in [-0.15, -0.1) is 0 Å². The lowest BCUT2D eigenvalue weighted by atomic mass is 9.99. The Balaban J connectivity index is 1.74. The fraction of sp³-hybridized carbons (Fsp3) is 0.600. The molecule has 1 aliphatic rings. The van der Waals surface area contributed by atoms with Gasteiger partial charge in [0.2, 0.25) is 0 Å². The van der Waals surface area contributed by atoms with Crippen LogP contribution in [0.5, 0.6) is 0 Å². The number of rotatable bonds is 7. The van der Waals surface area contributed by atoms with E-state index in [4.69, 9.17) is 9.47 Å². The minimum Gasteiger partial charge on any atom is -0.381 e. The van der Waals surface area contributed by atoms with Crippen LogP contribution in [-0.2, 0) is 16.1 Å². The summed E-state index contributed by atoms with van der Waals surface area (Å²) >= 11 is 0. The molecule has 0 aliphatic carbocycles. The van der Waals surface area contributed by atoms with Crippen molar-refractivity contribution in [2.45, 2.75) is 32.4 Å². The molecule has 0 saturated heterocycles. The van der Waals surface area contributed by atoms with E-state index in [0.29, 0.717) is 6.04 Å². The van der Waals surface area contributed by atoms with Crippen molar-refractivity contribution < 1.29 is 9.47 Å².